The molecule has 0 heterocycles. The third-order valence-corrected chi connectivity index (χ3v) is 10.4. The Bertz CT molecular complexity index is 110. The van der Waals surface area contributed by atoms with E-state index in [-0.39, 0.29) is 0 Å². The van der Waals surface area contributed by atoms with Crippen LogP contribution in [0, 0.1) is 0 Å². The van der Waals surface area contributed by atoms with Crippen LogP contribution in [0.5, 0.6) is 0 Å². The Labute approximate surface area is 76.5 Å². The summed E-state index contributed by atoms with van der Waals surface area (Å²) in [5.41, 5.74) is 0. The fourth-order valence-electron chi connectivity index (χ4n) is 1.35. The van der Waals surface area contributed by atoms with Crippen molar-refractivity contribution in [3.05, 3.63) is 0 Å². The molecule has 0 amide bonds. The lowest BCUT2D eigenvalue weighted by molar-refractivity contribution is 0.192. The fraction of sp³-hybridized carbons (Fsp3) is 1.00. The zero-order chi connectivity index (χ0) is 9.12. The number of alkyl halides is 3. The SMILES string of the molecule is CC[Si](CC)(CC)C(F)(F)Br. The monoisotopic (exact) mass is 244 g/mol. The van der Waals surface area contributed by atoms with Gasteiger partial charge in [0.05, 0.1) is 0 Å². The minimum absolute atomic E-state index is 0.651. The molecular weight excluding hydrogens is 230 g/mol. The van der Waals surface area contributed by atoms with Crippen LogP contribution in [0.25, 0.3) is 0 Å². The fourth-order valence-corrected chi connectivity index (χ4v) is 6.58. The maximum absolute atomic E-state index is 13.0. The van der Waals surface area contributed by atoms with Crippen LogP contribution in [0.2, 0.25) is 18.1 Å². The Hall–Kier alpha value is 0.557. The van der Waals surface area contributed by atoms with Crippen molar-refractivity contribution in [2.75, 3.05) is 0 Å². The number of hydrogen-bond acceptors (Lipinski definition) is 0. The zero-order valence-electron chi connectivity index (χ0n) is 7.26. The van der Waals surface area contributed by atoms with Gasteiger partial charge >= 0.3 is 0 Å². The van der Waals surface area contributed by atoms with Crippen molar-refractivity contribution in [1.29, 1.82) is 0 Å². The van der Waals surface area contributed by atoms with E-state index in [1.165, 1.54) is 0 Å². The summed E-state index contributed by atoms with van der Waals surface area (Å²) in [7, 11) is -2.34. The van der Waals surface area contributed by atoms with Gasteiger partial charge in [-0.25, -0.2) is 0 Å². The maximum atomic E-state index is 13.0. The number of hydrogen-bond donors (Lipinski definition) is 0. The molecule has 0 aliphatic rings. The first-order chi connectivity index (χ1) is 4.93. The Kier molecular flexibility index (Phi) is 4.19. The van der Waals surface area contributed by atoms with E-state index in [2.05, 4.69) is 15.9 Å². The first-order valence-corrected chi connectivity index (χ1v) is 7.41. The van der Waals surface area contributed by atoms with Crippen molar-refractivity contribution in [2.45, 2.75) is 43.4 Å². The van der Waals surface area contributed by atoms with Gasteiger partial charge in [-0.2, -0.15) is 8.78 Å². The van der Waals surface area contributed by atoms with Gasteiger partial charge in [-0.05, 0) is 15.9 Å². The first-order valence-electron chi connectivity index (χ1n) is 4.00. The molecule has 0 aromatic carbocycles. The Morgan fingerprint density at radius 2 is 1.36 bits per heavy atom. The van der Waals surface area contributed by atoms with E-state index in [0.717, 1.165) is 0 Å². The van der Waals surface area contributed by atoms with E-state index < -0.39 is 12.5 Å². The van der Waals surface area contributed by atoms with Crippen LogP contribution in [0.3, 0.4) is 0 Å². The van der Waals surface area contributed by atoms with Gasteiger partial charge in [-0.15, -0.1) is 0 Å². The normalized spacial score (nSPS) is 13.6. The molecule has 0 aliphatic carbocycles. The van der Waals surface area contributed by atoms with E-state index in [1.807, 2.05) is 20.8 Å². The van der Waals surface area contributed by atoms with Gasteiger partial charge in [-0.1, -0.05) is 38.9 Å². The van der Waals surface area contributed by atoms with Crippen molar-refractivity contribution in [1.82, 2.24) is 0 Å². The van der Waals surface area contributed by atoms with Gasteiger partial charge in [0, 0.05) is 0 Å². The standard InChI is InChI=1S/C7H15BrF2Si/c1-4-11(5-2,6-3)7(8,9)10/h4-6H2,1-3H3. The van der Waals surface area contributed by atoms with Crippen molar-refractivity contribution in [2.24, 2.45) is 0 Å². The van der Waals surface area contributed by atoms with Crippen molar-refractivity contribution in [3.63, 3.8) is 0 Å². The summed E-state index contributed by atoms with van der Waals surface area (Å²) in [5, 5.41) is 0. The average molecular weight is 245 g/mol. The molecule has 4 heteroatoms. The molecule has 0 saturated heterocycles. The Morgan fingerprint density at radius 3 is 1.36 bits per heavy atom. The maximum Gasteiger partial charge on any atom is 0.280 e. The van der Waals surface area contributed by atoms with E-state index in [0.29, 0.717) is 18.1 Å². The summed E-state index contributed by atoms with van der Waals surface area (Å²) in [5.74, 6) is 0. The highest BCUT2D eigenvalue weighted by molar-refractivity contribution is 9.10. The van der Waals surface area contributed by atoms with E-state index in [4.69, 9.17) is 0 Å². The van der Waals surface area contributed by atoms with Crippen LogP contribution in [-0.2, 0) is 0 Å². The molecule has 11 heavy (non-hydrogen) atoms. The highest BCUT2D eigenvalue weighted by atomic mass is 79.9. The molecule has 0 rings (SSSR count). The largest absolute Gasteiger partial charge is 0.280 e. The molecule has 0 saturated carbocycles. The van der Waals surface area contributed by atoms with Gasteiger partial charge in [0.1, 0.15) is 0 Å². The minimum Gasteiger partial charge on any atom is -0.199 e. The Balaban J connectivity index is 4.54. The molecule has 0 aromatic rings. The molecule has 0 aromatic heterocycles. The second kappa shape index (κ2) is 3.98. The molecule has 0 bridgehead atoms. The molecule has 0 unspecified atom stereocenters. The molecular formula is C7H15BrF2Si. The second-order valence-electron chi connectivity index (χ2n) is 2.84. The highest BCUT2D eigenvalue weighted by Crippen LogP contribution is 2.40. The molecule has 0 spiro atoms. The van der Waals surface area contributed by atoms with Gasteiger partial charge in [-0.3, -0.25) is 0 Å². The summed E-state index contributed by atoms with van der Waals surface area (Å²) in [6.45, 7) is 5.61. The smallest absolute Gasteiger partial charge is 0.199 e. The average Bonchev–Trinajstić information content (AvgIpc) is 1.90. The van der Waals surface area contributed by atoms with Crippen LogP contribution >= 0.6 is 15.9 Å². The Morgan fingerprint density at radius 1 is 1.09 bits per heavy atom. The third-order valence-electron chi connectivity index (χ3n) is 2.63. The van der Waals surface area contributed by atoms with Crippen molar-refractivity contribution in [3.8, 4) is 0 Å². The summed E-state index contributed by atoms with van der Waals surface area (Å²) >= 11 is 2.51. The lowest BCUT2D eigenvalue weighted by atomic mass is 10.9. The molecule has 68 valence electrons. The van der Waals surface area contributed by atoms with Gasteiger partial charge < -0.3 is 0 Å². The van der Waals surface area contributed by atoms with Gasteiger partial charge in [0.25, 0.3) is 4.46 Å². The lowest BCUT2D eigenvalue weighted by Gasteiger charge is -2.32. The second-order valence-corrected chi connectivity index (χ2v) is 9.88. The molecule has 0 radical (unpaired) electrons. The molecule has 0 nitrogen and oxygen atoms in total. The van der Waals surface area contributed by atoms with E-state index in [1.54, 1.807) is 0 Å². The van der Waals surface area contributed by atoms with Crippen LogP contribution in [0.15, 0.2) is 0 Å². The molecule has 0 aliphatic heterocycles. The number of rotatable bonds is 4. The van der Waals surface area contributed by atoms with Crippen LogP contribution in [-0.4, -0.2) is 12.5 Å². The van der Waals surface area contributed by atoms with Crippen molar-refractivity contribution < 1.29 is 8.78 Å². The molecule has 0 fully saturated rings. The summed E-state index contributed by atoms with van der Waals surface area (Å²) in [6.07, 6.45) is 0. The van der Waals surface area contributed by atoms with Gasteiger partial charge in [0.15, 0.2) is 8.07 Å². The van der Waals surface area contributed by atoms with Crippen LogP contribution in [0.4, 0.5) is 8.78 Å². The summed E-state index contributed by atoms with van der Waals surface area (Å²) in [4.78, 5) is 0. The third kappa shape index (κ3) is 2.24. The molecule has 0 N–H and O–H groups in total. The van der Waals surface area contributed by atoms with Crippen LogP contribution in [0.1, 0.15) is 20.8 Å². The quantitative estimate of drug-likeness (QED) is 0.518. The zero-order valence-corrected chi connectivity index (χ0v) is 9.84. The van der Waals surface area contributed by atoms with Crippen LogP contribution < -0.4 is 0 Å². The predicted octanol–water partition coefficient (Wildman–Crippen LogP) is 4.02. The predicted molar refractivity (Wildman–Crippen MR) is 51.1 cm³/mol. The molecule has 0 atom stereocenters. The van der Waals surface area contributed by atoms with Gasteiger partial charge in [0.2, 0.25) is 0 Å². The summed E-state index contributed by atoms with van der Waals surface area (Å²) < 4.78 is 23.5. The highest BCUT2D eigenvalue weighted by Gasteiger charge is 2.49. The van der Waals surface area contributed by atoms with E-state index >= 15 is 0 Å². The first kappa shape index (κ1) is 11.6. The van der Waals surface area contributed by atoms with E-state index in [9.17, 15) is 8.78 Å². The number of halogens is 3. The lowest BCUT2D eigenvalue weighted by Crippen LogP contribution is -2.47. The minimum atomic E-state index is -2.59. The van der Waals surface area contributed by atoms with Crippen molar-refractivity contribution >= 4 is 24.0 Å². The topological polar surface area (TPSA) is 0 Å². The summed E-state index contributed by atoms with van der Waals surface area (Å²) in [6, 6.07) is 1.95.